The van der Waals surface area contributed by atoms with Crippen molar-refractivity contribution in [3.8, 4) is 11.1 Å². The number of hydrogen-bond acceptors (Lipinski definition) is 2. The Hall–Kier alpha value is -3.72. The zero-order valence-corrected chi connectivity index (χ0v) is 24.7. The van der Waals surface area contributed by atoms with Crippen molar-refractivity contribution < 1.29 is 0 Å². The minimum atomic E-state index is 0.718. The van der Waals surface area contributed by atoms with Gasteiger partial charge in [-0.05, 0) is 79.0 Å². The predicted molar refractivity (Wildman–Crippen MR) is 171 cm³/mol. The van der Waals surface area contributed by atoms with Gasteiger partial charge in [-0.25, -0.2) is 0 Å². The molecule has 0 radical (unpaired) electrons. The number of hydrogen-bond donors (Lipinski definition) is 1. The van der Waals surface area contributed by atoms with Crippen LogP contribution in [0.3, 0.4) is 0 Å². The van der Waals surface area contributed by atoms with Crippen molar-refractivity contribution in [2.24, 2.45) is 10.1 Å². The molecule has 0 fully saturated rings. The number of amidine groups is 1. The summed E-state index contributed by atoms with van der Waals surface area (Å²) in [4.78, 5) is 4.24. The molecule has 3 aromatic carbocycles. The van der Waals surface area contributed by atoms with E-state index >= 15 is 0 Å². The van der Waals surface area contributed by atoms with Gasteiger partial charge < -0.3 is 0 Å². The molecule has 3 nitrogen and oxygen atoms in total. The van der Waals surface area contributed by atoms with Crippen LogP contribution >= 0.6 is 0 Å². The van der Waals surface area contributed by atoms with Gasteiger partial charge in [0.05, 0.1) is 0 Å². The quantitative estimate of drug-likeness (QED) is 0.139. The number of aryl methyl sites for hydroxylation is 2. The van der Waals surface area contributed by atoms with Gasteiger partial charge in [-0.1, -0.05) is 106 Å². The molecule has 3 rings (SSSR count). The second-order valence-corrected chi connectivity index (χ2v) is 9.35. The molecule has 0 aromatic heterocycles. The van der Waals surface area contributed by atoms with Gasteiger partial charge in [-0.2, -0.15) is 5.10 Å². The summed E-state index contributed by atoms with van der Waals surface area (Å²) in [5.74, 6) is 0.718. The Morgan fingerprint density at radius 2 is 1.45 bits per heavy atom. The molecule has 3 heteroatoms. The van der Waals surface area contributed by atoms with E-state index in [1.54, 1.807) is 7.05 Å². The molecule has 0 saturated carbocycles. The molecule has 0 unspecified atom stereocenters. The third-order valence-electron chi connectivity index (χ3n) is 6.40. The lowest BCUT2D eigenvalue weighted by Crippen LogP contribution is -2.19. The van der Waals surface area contributed by atoms with E-state index in [1.165, 1.54) is 45.4 Å². The Labute approximate surface area is 232 Å². The van der Waals surface area contributed by atoms with E-state index in [4.69, 9.17) is 0 Å². The normalized spacial score (nSPS) is 10.3. The first-order valence-electron chi connectivity index (χ1n) is 13.5. The van der Waals surface area contributed by atoms with Crippen LogP contribution in [0.2, 0.25) is 0 Å². The summed E-state index contributed by atoms with van der Waals surface area (Å²) in [5.41, 5.74) is 14.1. The van der Waals surface area contributed by atoms with E-state index in [-0.39, 0.29) is 0 Å². The van der Waals surface area contributed by atoms with Crippen LogP contribution in [0.4, 0.5) is 0 Å². The second-order valence-electron chi connectivity index (χ2n) is 9.35. The number of nitrogens with one attached hydrogen (secondary N) is 1. The predicted octanol–water partition coefficient (Wildman–Crippen LogP) is 9.59. The first-order chi connectivity index (χ1) is 18.2. The minimum Gasteiger partial charge on any atom is -0.270 e. The van der Waals surface area contributed by atoms with Gasteiger partial charge >= 0.3 is 0 Å². The first-order valence-corrected chi connectivity index (χ1v) is 13.5. The molecule has 1 N–H and O–H groups in total. The van der Waals surface area contributed by atoms with Crippen LogP contribution in [0, 0.1) is 13.8 Å². The fourth-order valence-electron chi connectivity index (χ4n) is 3.74. The third-order valence-corrected chi connectivity index (χ3v) is 6.40. The standard InChI is InChI=1S/C17H19N3.C13H18.C5H10/c1-4-13-9-11-14(12-10-13)15-7-5-6-8-16(15)17(18-2)20-19-3;1-5-7-11(3)13-9-6-8-10(2)12(13)4;1-4-5(2)3/h5-12H,3-4H2,1-2H3,(H,18,20);6,8-9H,3,5,7H2,1-2,4H3;2,4H2,1,3H3. The van der Waals surface area contributed by atoms with Gasteiger partial charge in [0.1, 0.15) is 5.84 Å². The van der Waals surface area contributed by atoms with Gasteiger partial charge in [0.2, 0.25) is 0 Å². The van der Waals surface area contributed by atoms with Crippen molar-refractivity contribution in [1.29, 1.82) is 0 Å². The van der Waals surface area contributed by atoms with Crippen molar-refractivity contribution in [2.45, 2.75) is 67.2 Å². The Kier molecular flexibility index (Phi) is 15.0. The van der Waals surface area contributed by atoms with Crippen molar-refractivity contribution in [1.82, 2.24) is 5.43 Å². The van der Waals surface area contributed by atoms with Crippen LogP contribution < -0.4 is 5.43 Å². The van der Waals surface area contributed by atoms with E-state index in [2.05, 4.69) is 119 Å². The number of nitrogens with zero attached hydrogens (tertiary/aromatic N) is 2. The lowest BCUT2D eigenvalue weighted by molar-refractivity contribution is 0.973. The van der Waals surface area contributed by atoms with E-state index in [0.29, 0.717) is 0 Å². The van der Waals surface area contributed by atoms with E-state index in [9.17, 15) is 0 Å². The zero-order chi connectivity index (χ0) is 28.5. The topological polar surface area (TPSA) is 36.8 Å². The highest BCUT2D eigenvalue weighted by Gasteiger charge is 2.09. The molecule has 3 aromatic rings. The molecule has 0 heterocycles. The summed E-state index contributed by atoms with van der Waals surface area (Å²) in [5, 5.41) is 3.71. The van der Waals surface area contributed by atoms with Crippen LogP contribution in [0.5, 0.6) is 0 Å². The Morgan fingerprint density at radius 3 is 1.97 bits per heavy atom. The maximum Gasteiger partial charge on any atom is 0.149 e. The van der Waals surface area contributed by atoms with Crippen LogP contribution in [-0.4, -0.2) is 19.6 Å². The van der Waals surface area contributed by atoms with Gasteiger partial charge in [0, 0.05) is 19.3 Å². The summed E-state index contributed by atoms with van der Waals surface area (Å²) in [6.45, 7) is 24.0. The molecule has 0 atom stereocenters. The molecule has 202 valence electrons. The molecule has 0 aliphatic rings. The average molecular weight is 510 g/mol. The van der Waals surface area contributed by atoms with Crippen molar-refractivity contribution in [2.75, 3.05) is 7.05 Å². The highest BCUT2D eigenvalue weighted by Crippen LogP contribution is 2.25. The van der Waals surface area contributed by atoms with E-state index in [1.807, 2.05) is 25.1 Å². The summed E-state index contributed by atoms with van der Waals surface area (Å²) >= 11 is 0. The Bertz CT molecular complexity index is 1200. The maximum absolute atomic E-state index is 4.24. The number of aliphatic imine (C=N–C) groups is 1. The Balaban J connectivity index is 0.000000343. The molecular formula is C35H47N3. The number of rotatable bonds is 8. The molecular weight excluding hydrogens is 462 g/mol. The molecule has 0 amide bonds. The average Bonchev–Trinajstić information content (AvgIpc) is 2.94. The summed E-state index contributed by atoms with van der Waals surface area (Å²) < 4.78 is 0. The molecule has 0 saturated heterocycles. The van der Waals surface area contributed by atoms with Crippen LogP contribution in [0.15, 0.2) is 95.6 Å². The van der Waals surface area contributed by atoms with E-state index < -0.39 is 0 Å². The monoisotopic (exact) mass is 509 g/mol. The number of allylic oxidation sites excluding steroid dienone is 2. The van der Waals surface area contributed by atoms with Gasteiger partial charge in [-0.15, -0.1) is 6.58 Å². The molecule has 38 heavy (non-hydrogen) atoms. The summed E-state index contributed by atoms with van der Waals surface area (Å²) in [6.07, 6.45) is 4.43. The zero-order valence-electron chi connectivity index (χ0n) is 24.7. The summed E-state index contributed by atoms with van der Waals surface area (Å²) in [6, 6.07) is 23.2. The lowest BCUT2D eigenvalue weighted by Gasteiger charge is -2.11. The van der Waals surface area contributed by atoms with Crippen LogP contribution in [-0.2, 0) is 6.42 Å². The number of hydrazone groups is 1. The molecule has 0 aliphatic carbocycles. The molecule has 0 spiro atoms. The van der Waals surface area contributed by atoms with Crippen LogP contribution in [0.25, 0.3) is 16.7 Å². The maximum atomic E-state index is 4.24. The highest BCUT2D eigenvalue weighted by atomic mass is 15.3. The molecule has 0 aliphatic heterocycles. The second kappa shape index (κ2) is 17.7. The fraction of sp³-hybridized carbons (Fsp3) is 0.314. The number of benzene rings is 3. The van der Waals surface area contributed by atoms with E-state index in [0.717, 1.165) is 36.2 Å². The molecule has 0 bridgehead atoms. The SMILES string of the molecule is C=C(C)CC.C=C(CCC)c1cccc(C)c1C.C=NNC(=NC)c1ccccc1-c1ccc(CC)cc1. The minimum absolute atomic E-state index is 0.718. The largest absolute Gasteiger partial charge is 0.270 e. The van der Waals surface area contributed by atoms with Gasteiger partial charge in [0.25, 0.3) is 0 Å². The smallest absolute Gasteiger partial charge is 0.149 e. The third kappa shape index (κ3) is 10.3. The van der Waals surface area contributed by atoms with Gasteiger partial charge in [-0.3, -0.25) is 10.4 Å². The van der Waals surface area contributed by atoms with Crippen molar-refractivity contribution in [3.05, 3.63) is 113 Å². The lowest BCUT2D eigenvalue weighted by atomic mass is 9.96. The van der Waals surface area contributed by atoms with Crippen molar-refractivity contribution in [3.63, 3.8) is 0 Å². The fourth-order valence-corrected chi connectivity index (χ4v) is 3.74. The van der Waals surface area contributed by atoms with Gasteiger partial charge in [0.15, 0.2) is 0 Å². The Morgan fingerprint density at radius 1 is 0.842 bits per heavy atom. The van der Waals surface area contributed by atoms with Crippen LogP contribution in [0.1, 0.15) is 74.8 Å². The highest BCUT2D eigenvalue weighted by molar-refractivity contribution is 6.04. The summed E-state index contributed by atoms with van der Waals surface area (Å²) in [7, 11) is 1.74. The van der Waals surface area contributed by atoms with Crippen molar-refractivity contribution >= 4 is 18.1 Å². The first kappa shape index (κ1) is 32.3.